The van der Waals surface area contributed by atoms with Crippen molar-refractivity contribution in [1.29, 1.82) is 0 Å². The van der Waals surface area contributed by atoms with E-state index in [1.807, 2.05) is 34.5 Å². The maximum absolute atomic E-state index is 12.4. The third-order valence-electron chi connectivity index (χ3n) is 5.24. The number of hydrogen-bond acceptors (Lipinski definition) is 8. The number of nitro benzene ring substituents is 1. The summed E-state index contributed by atoms with van der Waals surface area (Å²) >= 11 is 1.60. The van der Waals surface area contributed by atoms with Gasteiger partial charge < -0.3 is 15.0 Å². The summed E-state index contributed by atoms with van der Waals surface area (Å²) in [6.45, 7) is 3.11. The van der Waals surface area contributed by atoms with Gasteiger partial charge in [0, 0.05) is 43.2 Å². The Hall–Kier alpha value is -3.50. The van der Waals surface area contributed by atoms with Crippen LogP contribution in [-0.2, 0) is 4.79 Å². The van der Waals surface area contributed by atoms with Crippen LogP contribution >= 0.6 is 11.3 Å². The largest absolute Gasteiger partial charge is 0.497 e. The standard InChI is InChI=1S/C22H23N5O4S/c1-31-17-6-4-5-16(13-17)19-15-32-22(24-19)26-11-9-25(10-12-26)14-21(28)23-18-7-2-3-8-20(18)27(29)30/h2-8,13,15H,9-12,14H2,1H3,(H,23,28). The van der Waals surface area contributed by atoms with Crippen LogP contribution in [0.1, 0.15) is 0 Å². The number of methoxy groups -OCH3 is 1. The van der Waals surface area contributed by atoms with Crippen molar-refractivity contribution >= 4 is 33.8 Å². The predicted molar refractivity (Wildman–Crippen MR) is 124 cm³/mol. The van der Waals surface area contributed by atoms with E-state index in [-0.39, 0.29) is 23.8 Å². The average Bonchev–Trinajstić information content (AvgIpc) is 3.30. The second-order valence-electron chi connectivity index (χ2n) is 7.33. The average molecular weight is 454 g/mol. The van der Waals surface area contributed by atoms with Crippen LogP contribution in [-0.4, -0.2) is 60.5 Å². The lowest BCUT2D eigenvalue weighted by molar-refractivity contribution is -0.383. The van der Waals surface area contributed by atoms with Crippen LogP contribution in [0.25, 0.3) is 11.3 Å². The van der Waals surface area contributed by atoms with Gasteiger partial charge in [-0.3, -0.25) is 19.8 Å². The zero-order valence-corrected chi connectivity index (χ0v) is 18.4. The first-order valence-electron chi connectivity index (χ1n) is 10.1. The summed E-state index contributed by atoms with van der Waals surface area (Å²) in [6.07, 6.45) is 0. The summed E-state index contributed by atoms with van der Waals surface area (Å²) in [5.41, 5.74) is 2.03. The zero-order chi connectivity index (χ0) is 22.5. The quantitative estimate of drug-likeness (QED) is 0.432. The Bertz CT molecular complexity index is 1110. The summed E-state index contributed by atoms with van der Waals surface area (Å²) < 4.78 is 5.29. The van der Waals surface area contributed by atoms with E-state index in [1.165, 1.54) is 12.1 Å². The molecule has 0 radical (unpaired) electrons. The minimum atomic E-state index is -0.498. The Morgan fingerprint density at radius 2 is 1.97 bits per heavy atom. The molecule has 1 aliphatic heterocycles. The van der Waals surface area contributed by atoms with E-state index < -0.39 is 4.92 Å². The Morgan fingerprint density at radius 3 is 2.72 bits per heavy atom. The number of rotatable bonds is 7. The molecular weight excluding hydrogens is 430 g/mol. The highest BCUT2D eigenvalue weighted by Gasteiger charge is 2.22. The molecule has 1 fully saturated rings. The lowest BCUT2D eigenvalue weighted by atomic mass is 10.2. The zero-order valence-electron chi connectivity index (χ0n) is 17.6. The second-order valence-corrected chi connectivity index (χ2v) is 8.17. The molecule has 1 N–H and O–H groups in total. The summed E-state index contributed by atoms with van der Waals surface area (Å²) in [6, 6.07) is 14.0. The number of nitrogens with one attached hydrogen (secondary N) is 1. The van der Waals surface area contributed by atoms with E-state index in [1.54, 1.807) is 30.6 Å². The number of benzene rings is 2. The number of carbonyl (C=O) groups is 1. The van der Waals surface area contributed by atoms with Crippen LogP contribution in [0, 0.1) is 10.1 Å². The molecule has 1 amide bonds. The van der Waals surface area contributed by atoms with Gasteiger partial charge in [-0.05, 0) is 18.2 Å². The van der Waals surface area contributed by atoms with E-state index in [0.29, 0.717) is 13.1 Å². The van der Waals surface area contributed by atoms with Gasteiger partial charge in [-0.15, -0.1) is 11.3 Å². The third-order valence-corrected chi connectivity index (χ3v) is 6.14. The van der Waals surface area contributed by atoms with Crippen molar-refractivity contribution in [3.63, 3.8) is 0 Å². The van der Waals surface area contributed by atoms with E-state index in [0.717, 1.165) is 35.2 Å². The molecule has 10 heteroatoms. The maximum atomic E-state index is 12.4. The molecule has 1 saturated heterocycles. The molecule has 0 spiro atoms. The molecule has 166 valence electrons. The number of anilines is 2. The van der Waals surface area contributed by atoms with E-state index in [4.69, 9.17) is 9.72 Å². The van der Waals surface area contributed by atoms with Crippen molar-refractivity contribution in [3.8, 4) is 17.0 Å². The molecule has 2 aromatic carbocycles. The highest BCUT2D eigenvalue weighted by Crippen LogP contribution is 2.30. The minimum Gasteiger partial charge on any atom is -0.497 e. The van der Waals surface area contributed by atoms with Gasteiger partial charge >= 0.3 is 0 Å². The Morgan fingerprint density at radius 1 is 1.19 bits per heavy atom. The molecule has 0 atom stereocenters. The highest BCUT2D eigenvalue weighted by molar-refractivity contribution is 7.14. The smallest absolute Gasteiger partial charge is 0.292 e. The molecule has 32 heavy (non-hydrogen) atoms. The number of ether oxygens (including phenoxy) is 1. The molecule has 1 aliphatic rings. The van der Waals surface area contributed by atoms with Crippen LogP contribution < -0.4 is 15.0 Å². The van der Waals surface area contributed by atoms with Gasteiger partial charge in [-0.1, -0.05) is 24.3 Å². The fourth-order valence-corrected chi connectivity index (χ4v) is 4.44. The number of nitro groups is 1. The van der Waals surface area contributed by atoms with Crippen LogP contribution in [0.4, 0.5) is 16.5 Å². The van der Waals surface area contributed by atoms with Gasteiger partial charge in [0.2, 0.25) is 5.91 Å². The van der Waals surface area contributed by atoms with E-state index >= 15 is 0 Å². The van der Waals surface area contributed by atoms with Crippen molar-refractivity contribution < 1.29 is 14.5 Å². The topological polar surface area (TPSA) is 101 Å². The second kappa shape index (κ2) is 9.75. The molecule has 0 saturated carbocycles. The van der Waals surface area contributed by atoms with Crippen molar-refractivity contribution in [2.45, 2.75) is 0 Å². The maximum Gasteiger partial charge on any atom is 0.292 e. The number of carbonyl (C=O) groups excluding carboxylic acids is 1. The van der Waals surface area contributed by atoms with Crippen molar-refractivity contribution in [2.24, 2.45) is 0 Å². The highest BCUT2D eigenvalue weighted by atomic mass is 32.1. The molecular formula is C22H23N5O4S. The lowest BCUT2D eigenvalue weighted by Crippen LogP contribution is -2.48. The molecule has 4 rings (SSSR count). The Balaban J connectivity index is 1.31. The number of piperazine rings is 1. The first-order chi connectivity index (χ1) is 15.5. The van der Waals surface area contributed by atoms with Crippen molar-refractivity contribution in [1.82, 2.24) is 9.88 Å². The van der Waals surface area contributed by atoms with Gasteiger partial charge in [-0.25, -0.2) is 4.98 Å². The van der Waals surface area contributed by atoms with Crippen molar-refractivity contribution in [2.75, 3.05) is 50.1 Å². The molecule has 0 unspecified atom stereocenters. The summed E-state index contributed by atoms with van der Waals surface area (Å²) in [5.74, 6) is 0.534. The van der Waals surface area contributed by atoms with Crippen LogP contribution in [0.2, 0.25) is 0 Å². The van der Waals surface area contributed by atoms with Gasteiger partial charge in [0.1, 0.15) is 11.4 Å². The van der Waals surface area contributed by atoms with Gasteiger partial charge in [-0.2, -0.15) is 0 Å². The fourth-order valence-electron chi connectivity index (χ4n) is 3.55. The Labute approximate surface area is 189 Å². The molecule has 0 aliphatic carbocycles. The van der Waals surface area contributed by atoms with E-state index in [2.05, 4.69) is 10.2 Å². The predicted octanol–water partition coefficient (Wildman–Crippen LogP) is 3.49. The first-order valence-corrected chi connectivity index (χ1v) is 11.0. The number of amides is 1. The summed E-state index contributed by atoms with van der Waals surface area (Å²) in [5, 5.41) is 16.8. The monoisotopic (exact) mass is 453 g/mol. The molecule has 0 bridgehead atoms. The van der Waals surface area contributed by atoms with Crippen LogP contribution in [0.15, 0.2) is 53.9 Å². The van der Waals surface area contributed by atoms with Crippen LogP contribution in [0.5, 0.6) is 5.75 Å². The van der Waals surface area contributed by atoms with Gasteiger partial charge in [0.25, 0.3) is 5.69 Å². The molecule has 1 aromatic heterocycles. The van der Waals surface area contributed by atoms with Gasteiger partial charge in [0.05, 0.1) is 24.3 Å². The number of aromatic nitrogens is 1. The number of para-hydroxylation sites is 2. The summed E-state index contributed by atoms with van der Waals surface area (Å²) in [4.78, 5) is 32.1. The molecule has 9 nitrogen and oxygen atoms in total. The first kappa shape index (κ1) is 21.7. The minimum absolute atomic E-state index is 0.110. The number of nitrogens with zero attached hydrogens (tertiary/aromatic N) is 4. The number of thiazole rings is 1. The SMILES string of the molecule is COc1cccc(-c2csc(N3CCN(CC(=O)Nc4ccccc4[N+](=O)[O-])CC3)n2)c1. The van der Waals surface area contributed by atoms with Crippen LogP contribution in [0.3, 0.4) is 0 Å². The molecule has 3 aromatic rings. The lowest BCUT2D eigenvalue weighted by Gasteiger charge is -2.34. The van der Waals surface area contributed by atoms with Gasteiger partial charge in [0.15, 0.2) is 5.13 Å². The normalized spacial score (nSPS) is 14.2. The Kier molecular flexibility index (Phi) is 6.62. The van der Waals surface area contributed by atoms with E-state index in [9.17, 15) is 14.9 Å². The number of hydrogen-bond donors (Lipinski definition) is 1. The van der Waals surface area contributed by atoms with Crippen molar-refractivity contribution in [3.05, 3.63) is 64.0 Å². The summed E-state index contributed by atoms with van der Waals surface area (Å²) in [7, 11) is 1.65. The fraction of sp³-hybridized carbons (Fsp3) is 0.273. The third kappa shape index (κ3) is 5.04. The molecule has 2 heterocycles.